The monoisotopic (exact) mass is 294 g/mol. The van der Waals surface area contributed by atoms with Crippen LogP contribution in [0.15, 0.2) is 45.9 Å². The van der Waals surface area contributed by atoms with Crippen molar-refractivity contribution in [3.8, 4) is 0 Å². The molecule has 0 spiro atoms. The van der Waals surface area contributed by atoms with Gasteiger partial charge >= 0.3 is 0 Å². The van der Waals surface area contributed by atoms with Crippen molar-refractivity contribution in [2.75, 3.05) is 5.32 Å². The molecule has 0 saturated carbocycles. The molecule has 0 fully saturated rings. The molecule has 0 bridgehead atoms. The molecule has 0 radical (unpaired) electrons. The molecule has 0 saturated heterocycles. The van der Waals surface area contributed by atoms with Gasteiger partial charge in [0.15, 0.2) is 0 Å². The summed E-state index contributed by atoms with van der Waals surface area (Å²) >= 11 is 0. The second-order valence-corrected chi connectivity index (χ2v) is 6.06. The zero-order valence-electron chi connectivity index (χ0n) is 11.3. The number of nitrogens with two attached hydrogens (primary N) is 1. The smallest absolute Gasteiger partial charge is 0.271 e. The Morgan fingerprint density at radius 2 is 1.85 bits per heavy atom. The van der Waals surface area contributed by atoms with Gasteiger partial charge in [0.25, 0.3) is 10.0 Å². The Morgan fingerprint density at radius 3 is 2.40 bits per heavy atom. The van der Waals surface area contributed by atoms with Crippen molar-refractivity contribution in [1.82, 2.24) is 0 Å². The van der Waals surface area contributed by atoms with Crippen LogP contribution in [0.2, 0.25) is 0 Å². The summed E-state index contributed by atoms with van der Waals surface area (Å²) in [6.07, 6.45) is 2.19. The zero-order valence-corrected chi connectivity index (χ0v) is 12.1. The number of hydrogen-bond donors (Lipinski definition) is 2. The van der Waals surface area contributed by atoms with Crippen LogP contribution in [0.4, 0.5) is 5.69 Å². The maximum absolute atomic E-state index is 11.1. The summed E-state index contributed by atoms with van der Waals surface area (Å²) < 4.78 is 27.3. The van der Waals surface area contributed by atoms with Crippen LogP contribution in [0.5, 0.6) is 0 Å². The van der Waals surface area contributed by atoms with Gasteiger partial charge in [-0.1, -0.05) is 25.5 Å². The predicted molar refractivity (Wildman–Crippen MR) is 77.8 cm³/mol. The maximum atomic E-state index is 11.1. The van der Waals surface area contributed by atoms with Crippen molar-refractivity contribution in [3.05, 3.63) is 47.7 Å². The van der Waals surface area contributed by atoms with Gasteiger partial charge in [0, 0.05) is 5.69 Å². The summed E-state index contributed by atoms with van der Waals surface area (Å²) in [6, 6.07) is 11.1. The van der Waals surface area contributed by atoms with Crippen LogP contribution in [-0.4, -0.2) is 8.42 Å². The Hall–Kier alpha value is -1.79. The number of aryl methyl sites for hydroxylation is 1. The number of rotatable bonds is 6. The summed E-state index contributed by atoms with van der Waals surface area (Å²) in [5, 5.41) is 7.93. The van der Waals surface area contributed by atoms with Gasteiger partial charge in [-0.05, 0) is 36.2 Å². The SMILES string of the molecule is CCCc1ccc(NCc2ccc(S(N)(=O)=O)o2)cc1. The Morgan fingerprint density at radius 1 is 1.15 bits per heavy atom. The lowest BCUT2D eigenvalue weighted by atomic mass is 10.1. The van der Waals surface area contributed by atoms with Gasteiger partial charge in [0.1, 0.15) is 5.76 Å². The molecule has 2 aromatic rings. The van der Waals surface area contributed by atoms with Crippen molar-refractivity contribution in [1.29, 1.82) is 0 Å². The fourth-order valence-corrected chi connectivity index (χ4v) is 2.35. The minimum atomic E-state index is -3.77. The highest BCUT2D eigenvalue weighted by Gasteiger charge is 2.12. The topological polar surface area (TPSA) is 85.3 Å². The van der Waals surface area contributed by atoms with Gasteiger partial charge < -0.3 is 9.73 Å². The van der Waals surface area contributed by atoms with E-state index in [1.165, 1.54) is 11.6 Å². The molecule has 5 nitrogen and oxygen atoms in total. The first-order valence-electron chi connectivity index (χ1n) is 6.43. The summed E-state index contributed by atoms with van der Waals surface area (Å²) in [5.41, 5.74) is 2.26. The molecule has 0 unspecified atom stereocenters. The van der Waals surface area contributed by atoms with Crippen molar-refractivity contribution >= 4 is 15.7 Å². The van der Waals surface area contributed by atoms with Crippen LogP contribution in [-0.2, 0) is 23.0 Å². The summed E-state index contributed by atoms with van der Waals surface area (Å²) in [6.45, 7) is 2.55. The fraction of sp³-hybridized carbons (Fsp3) is 0.286. The van der Waals surface area contributed by atoms with E-state index in [0.29, 0.717) is 12.3 Å². The zero-order chi connectivity index (χ0) is 14.6. The average Bonchev–Trinajstić information content (AvgIpc) is 2.87. The number of furan rings is 1. The van der Waals surface area contributed by atoms with Crippen molar-refractivity contribution in [3.63, 3.8) is 0 Å². The molecule has 0 aliphatic rings. The quantitative estimate of drug-likeness (QED) is 0.857. The standard InChI is InChI=1S/C14H18N2O3S/c1-2-3-11-4-6-12(7-5-11)16-10-13-8-9-14(19-13)20(15,17)18/h4-9,16H,2-3,10H2,1H3,(H2,15,17,18). The summed E-state index contributed by atoms with van der Waals surface area (Å²) in [5.74, 6) is 0.520. The summed E-state index contributed by atoms with van der Waals surface area (Å²) in [4.78, 5) is 0. The molecule has 1 aromatic carbocycles. The highest BCUT2D eigenvalue weighted by Crippen LogP contribution is 2.15. The Bertz CT molecular complexity index is 660. The molecule has 2 rings (SSSR count). The molecule has 0 atom stereocenters. The number of nitrogens with one attached hydrogen (secondary N) is 1. The van der Waals surface area contributed by atoms with Gasteiger partial charge in [0.05, 0.1) is 6.54 Å². The third kappa shape index (κ3) is 3.85. The minimum Gasteiger partial charge on any atom is -0.446 e. The number of benzene rings is 1. The lowest BCUT2D eigenvalue weighted by molar-refractivity contribution is 0.419. The van der Waals surface area contributed by atoms with Crippen LogP contribution in [0.3, 0.4) is 0 Å². The molecule has 20 heavy (non-hydrogen) atoms. The van der Waals surface area contributed by atoms with E-state index in [0.717, 1.165) is 18.5 Å². The lowest BCUT2D eigenvalue weighted by Gasteiger charge is -2.05. The third-order valence-corrected chi connectivity index (χ3v) is 3.66. The van der Waals surface area contributed by atoms with Gasteiger partial charge in [-0.2, -0.15) is 0 Å². The second-order valence-electron chi connectivity index (χ2n) is 4.57. The molecule has 0 amide bonds. The number of primary sulfonamides is 1. The largest absolute Gasteiger partial charge is 0.446 e. The molecule has 1 aromatic heterocycles. The molecule has 3 N–H and O–H groups in total. The predicted octanol–water partition coefficient (Wildman–Crippen LogP) is 2.49. The van der Waals surface area contributed by atoms with Crippen molar-refractivity contribution in [2.24, 2.45) is 5.14 Å². The normalized spacial score (nSPS) is 11.5. The van der Waals surface area contributed by atoms with E-state index in [-0.39, 0.29) is 5.09 Å². The Kier molecular flexibility index (Phi) is 4.46. The van der Waals surface area contributed by atoms with E-state index in [9.17, 15) is 8.42 Å². The second kappa shape index (κ2) is 6.11. The van der Waals surface area contributed by atoms with Gasteiger partial charge in [-0.3, -0.25) is 0 Å². The average molecular weight is 294 g/mol. The minimum absolute atomic E-state index is 0.215. The first-order valence-corrected chi connectivity index (χ1v) is 7.98. The fourth-order valence-electron chi connectivity index (χ4n) is 1.87. The highest BCUT2D eigenvalue weighted by atomic mass is 32.2. The molecule has 1 heterocycles. The van der Waals surface area contributed by atoms with E-state index in [4.69, 9.17) is 9.56 Å². The first kappa shape index (κ1) is 14.6. The molecule has 108 valence electrons. The molecular weight excluding hydrogens is 276 g/mol. The van der Waals surface area contributed by atoms with Crippen molar-refractivity contribution < 1.29 is 12.8 Å². The van der Waals surface area contributed by atoms with E-state index >= 15 is 0 Å². The van der Waals surface area contributed by atoms with Gasteiger partial charge in [-0.25, -0.2) is 13.6 Å². The lowest BCUT2D eigenvalue weighted by Crippen LogP contribution is -2.10. The summed E-state index contributed by atoms with van der Waals surface area (Å²) in [7, 11) is -3.77. The van der Waals surface area contributed by atoms with Crippen LogP contribution in [0, 0.1) is 0 Å². The Balaban J connectivity index is 1.96. The number of anilines is 1. The van der Waals surface area contributed by atoms with Crippen LogP contribution >= 0.6 is 0 Å². The van der Waals surface area contributed by atoms with E-state index in [1.54, 1.807) is 6.07 Å². The molecule has 0 aliphatic heterocycles. The van der Waals surface area contributed by atoms with Crippen molar-refractivity contribution in [2.45, 2.75) is 31.4 Å². The molecule has 0 aliphatic carbocycles. The van der Waals surface area contributed by atoms with Gasteiger partial charge in [0.2, 0.25) is 5.09 Å². The highest BCUT2D eigenvalue weighted by molar-refractivity contribution is 7.89. The number of sulfonamides is 1. The maximum Gasteiger partial charge on any atom is 0.271 e. The molecular formula is C14H18N2O3S. The van der Waals surface area contributed by atoms with Crippen LogP contribution in [0.25, 0.3) is 0 Å². The van der Waals surface area contributed by atoms with E-state index in [1.807, 2.05) is 12.1 Å². The Labute approximate surface area is 118 Å². The van der Waals surface area contributed by atoms with Crippen LogP contribution in [0.1, 0.15) is 24.7 Å². The van der Waals surface area contributed by atoms with E-state index < -0.39 is 10.0 Å². The van der Waals surface area contributed by atoms with Crippen LogP contribution < -0.4 is 10.5 Å². The number of hydrogen-bond acceptors (Lipinski definition) is 4. The third-order valence-electron chi connectivity index (χ3n) is 2.88. The van der Waals surface area contributed by atoms with Gasteiger partial charge in [-0.15, -0.1) is 0 Å². The first-order chi connectivity index (χ1) is 9.49. The van der Waals surface area contributed by atoms with E-state index in [2.05, 4.69) is 24.4 Å². The molecule has 6 heteroatoms.